The minimum atomic E-state index is 0.422. The van der Waals surface area contributed by atoms with Gasteiger partial charge in [-0.15, -0.1) is 0 Å². The summed E-state index contributed by atoms with van der Waals surface area (Å²) in [4.78, 5) is 8.85. The molecule has 3 heteroatoms. The van der Waals surface area contributed by atoms with E-state index in [-0.39, 0.29) is 0 Å². The van der Waals surface area contributed by atoms with Crippen LogP contribution in [0.15, 0.2) is 6.07 Å². The standard InChI is InChI=1S/C12H17ClN2/c1-8(2)10-7-11(13)15-12(14-10)6-9-4-3-5-9/h7-9H,3-6H2,1-2H3. The molecule has 0 spiro atoms. The highest BCUT2D eigenvalue weighted by molar-refractivity contribution is 6.29. The van der Waals surface area contributed by atoms with Gasteiger partial charge in [-0.1, -0.05) is 44.7 Å². The van der Waals surface area contributed by atoms with Crippen LogP contribution in [0, 0.1) is 5.92 Å². The molecule has 0 amide bonds. The highest BCUT2D eigenvalue weighted by atomic mass is 35.5. The van der Waals surface area contributed by atoms with Crippen LogP contribution in [0.2, 0.25) is 5.15 Å². The van der Waals surface area contributed by atoms with Crippen LogP contribution in [0.3, 0.4) is 0 Å². The molecule has 2 rings (SSSR count). The van der Waals surface area contributed by atoms with Crippen LogP contribution >= 0.6 is 11.6 Å². The maximum atomic E-state index is 5.99. The summed E-state index contributed by atoms with van der Waals surface area (Å²) in [6.45, 7) is 4.26. The van der Waals surface area contributed by atoms with Crippen molar-refractivity contribution in [2.75, 3.05) is 0 Å². The number of rotatable bonds is 3. The molecule has 0 bridgehead atoms. The third kappa shape index (κ3) is 2.69. The first-order valence-corrected chi connectivity index (χ1v) is 6.06. The van der Waals surface area contributed by atoms with Gasteiger partial charge in [-0.2, -0.15) is 0 Å². The van der Waals surface area contributed by atoms with Crippen molar-refractivity contribution >= 4 is 11.6 Å². The minimum absolute atomic E-state index is 0.422. The van der Waals surface area contributed by atoms with Crippen molar-refractivity contribution in [3.8, 4) is 0 Å². The van der Waals surface area contributed by atoms with E-state index in [4.69, 9.17) is 11.6 Å². The first-order valence-electron chi connectivity index (χ1n) is 5.68. The van der Waals surface area contributed by atoms with E-state index in [0.29, 0.717) is 11.1 Å². The Bertz CT molecular complexity index is 345. The molecule has 82 valence electrons. The molecule has 0 atom stereocenters. The van der Waals surface area contributed by atoms with Gasteiger partial charge in [0.25, 0.3) is 0 Å². The van der Waals surface area contributed by atoms with Crippen LogP contribution in [0.25, 0.3) is 0 Å². The predicted octanol–water partition coefficient (Wildman–Crippen LogP) is 3.60. The fraction of sp³-hybridized carbons (Fsp3) is 0.667. The monoisotopic (exact) mass is 224 g/mol. The zero-order valence-corrected chi connectivity index (χ0v) is 10.1. The first kappa shape index (κ1) is 10.9. The van der Waals surface area contributed by atoms with Crippen LogP contribution in [-0.2, 0) is 6.42 Å². The van der Waals surface area contributed by atoms with Crippen LogP contribution in [0.5, 0.6) is 0 Å². The van der Waals surface area contributed by atoms with Crippen molar-refractivity contribution in [3.63, 3.8) is 0 Å². The van der Waals surface area contributed by atoms with Gasteiger partial charge in [0.05, 0.1) is 0 Å². The van der Waals surface area contributed by atoms with Crippen molar-refractivity contribution in [2.45, 2.75) is 45.4 Å². The molecule has 0 aromatic carbocycles. The predicted molar refractivity (Wildman–Crippen MR) is 62.2 cm³/mol. The Morgan fingerprint density at radius 2 is 2.13 bits per heavy atom. The maximum absolute atomic E-state index is 5.99. The summed E-state index contributed by atoms with van der Waals surface area (Å²) in [7, 11) is 0. The van der Waals surface area contributed by atoms with Gasteiger partial charge in [0.2, 0.25) is 0 Å². The van der Waals surface area contributed by atoms with E-state index in [9.17, 15) is 0 Å². The molecular weight excluding hydrogens is 208 g/mol. The molecule has 1 aliphatic carbocycles. The van der Waals surface area contributed by atoms with E-state index in [1.807, 2.05) is 6.07 Å². The van der Waals surface area contributed by atoms with E-state index in [1.54, 1.807) is 0 Å². The molecule has 1 aromatic rings. The fourth-order valence-corrected chi connectivity index (χ4v) is 2.04. The van der Waals surface area contributed by atoms with Gasteiger partial charge < -0.3 is 0 Å². The van der Waals surface area contributed by atoms with E-state index >= 15 is 0 Å². The summed E-state index contributed by atoms with van der Waals surface area (Å²) in [5, 5.41) is 0.586. The summed E-state index contributed by atoms with van der Waals surface area (Å²) < 4.78 is 0. The maximum Gasteiger partial charge on any atom is 0.133 e. The molecule has 0 aliphatic heterocycles. The second-order valence-corrected chi connectivity index (χ2v) is 5.07. The second kappa shape index (κ2) is 4.48. The molecule has 0 N–H and O–H groups in total. The average Bonchev–Trinajstić information content (AvgIpc) is 2.10. The SMILES string of the molecule is CC(C)c1cc(Cl)nc(CC2CCC2)n1. The fourth-order valence-electron chi connectivity index (χ4n) is 1.83. The highest BCUT2D eigenvalue weighted by Gasteiger charge is 2.19. The summed E-state index contributed by atoms with van der Waals surface area (Å²) in [6, 6.07) is 1.87. The summed E-state index contributed by atoms with van der Waals surface area (Å²) in [5.41, 5.74) is 1.06. The van der Waals surface area contributed by atoms with E-state index in [0.717, 1.165) is 23.9 Å². The number of nitrogens with zero attached hydrogens (tertiary/aromatic N) is 2. The Balaban J connectivity index is 2.15. The second-order valence-electron chi connectivity index (χ2n) is 4.69. The Morgan fingerprint density at radius 3 is 2.67 bits per heavy atom. The summed E-state index contributed by atoms with van der Waals surface area (Å²) in [5.74, 6) is 2.14. The molecule has 2 nitrogen and oxygen atoms in total. The van der Waals surface area contributed by atoms with Gasteiger partial charge in [0, 0.05) is 12.1 Å². The van der Waals surface area contributed by atoms with Gasteiger partial charge in [-0.3, -0.25) is 0 Å². The van der Waals surface area contributed by atoms with Crippen LogP contribution < -0.4 is 0 Å². The lowest BCUT2D eigenvalue weighted by Crippen LogP contribution is -2.16. The zero-order chi connectivity index (χ0) is 10.8. The van der Waals surface area contributed by atoms with E-state index in [1.165, 1.54) is 19.3 Å². The van der Waals surface area contributed by atoms with Gasteiger partial charge in [-0.05, 0) is 17.9 Å². The largest absolute Gasteiger partial charge is 0.238 e. The lowest BCUT2D eigenvalue weighted by molar-refractivity contribution is 0.309. The molecular formula is C12H17ClN2. The average molecular weight is 225 g/mol. The molecule has 0 saturated heterocycles. The molecule has 0 unspecified atom stereocenters. The minimum Gasteiger partial charge on any atom is -0.238 e. The van der Waals surface area contributed by atoms with Crippen LogP contribution in [0.4, 0.5) is 0 Å². The number of aromatic nitrogens is 2. The number of hydrogen-bond acceptors (Lipinski definition) is 2. The highest BCUT2D eigenvalue weighted by Crippen LogP contribution is 2.29. The Hall–Kier alpha value is -0.630. The molecule has 1 heterocycles. The zero-order valence-electron chi connectivity index (χ0n) is 9.33. The summed E-state index contributed by atoms with van der Waals surface area (Å²) in [6.07, 6.45) is 5.02. The van der Waals surface area contributed by atoms with Gasteiger partial charge in [0.1, 0.15) is 11.0 Å². The van der Waals surface area contributed by atoms with Crippen molar-refractivity contribution in [2.24, 2.45) is 5.92 Å². The lowest BCUT2D eigenvalue weighted by atomic mass is 9.83. The number of hydrogen-bond donors (Lipinski definition) is 0. The molecule has 0 radical (unpaired) electrons. The molecule has 1 fully saturated rings. The number of halogens is 1. The van der Waals surface area contributed by atoms with Gasteiger partial charge in [-0.25, -0.2) is 9.97 Å². The third-order valence-corrected chi connectivity index (χ3v) is 3.24. The first-order chi connectivity index (χ1) is 7.15. The van der Waals surface area contributed by atoms with E-state index < -0.39 is 0 Å². The van der Waals surface area contributed by atoms with Crippen LogP contribution in [-0.4, -0.2) is 9.97 Å². The Kier molecular flexibility index (Phi) is 3.25. The molecule has 15 heavy (non-hydrogen) atoms. The Morgan fingerprint density at radius 1 is 1.40 bits per heavy atom. The van der Waals surface area contributed by atoms with Crippen molar-refractivity contribution in [1.29, 1.82) is 0 Å². The topological polar surface area (TPSA) is 25.8 Å². The van der Waals surface area contributed by atoms with Gasteiger partial charge >= 0.3 is 0 Å². The van der Waals surface area contributed by atoms with Gasteiger partial charge in [0.15, 0.2) is 0 Å². The third-order valence-electron chi connectivity index (χ3n) is 3.05. The normalized spacial score (nSPS) is 16.8. The molecule has 1 aliphatic rings. The van der Waals surface area contributed by atoms with Crippen molar-refractivity contribution in [1.82, 2.24) is 9.97 Å². The van der Waals surface area contributed by atoms with Crippen LogP contribution in [0.1, 0.15) is 50.5 Å². The molecule has 1 saturated carbocycles. The quantitative estimate of drug-likeness (QED) is 0.734. The molecule has 1 aromatic heterocycles. The van der Waals surface area contributed by atoms with Crippen molar-refractivity contribution < 1.29 is 0 Å². The van der Waals surface area contributed by atoms with E-state index in [2.05, 4.69) is 23.8 Å². The van der Waals surface area contributed by atoms with Crippen molar-refractivity contribution in [3.05, 3.63) is 22.7 Å². The summed E-state index contributed by atoms with van der Waals surface area (Å²) >= 11 is 5.99. The Labute approximate surface area is 96.1 Å². The lowest BCUT2D eigenvalue weighted by Gasteiger charge is -2.24. The smallest absolute Gasteiger partial charge is 0.133 e.